The fourth-order valence-electron chi connectivity index (χ4n) is 0.860. The average molecular weight is 199 g/mol. The Hall–Kier alpha value is -1.23. The Kier molecular flexibility index (Phi) is 3.13. The highest BCUT2D eigenvalue weighted by molar-refractivity contribution is 7.98. The molecule has 0 aromatic carbocycles. The highest BCUT2D eigenvalue weighted by atomic mass is 32.2. The minimum Gasteiger partial charge on any atom is -0.481 e. The van der Waals surface area contributed by atoms with Crippen LogP contribution in [0, 0.1) is 0 Å². The number of carboxylic acids is 1. The van der Waals surface area contributed by atoms with Gasteiger partial charge in [0.15, 0.2) is 5.69 Å². The molecular weight excluding hydrogens is 190 g/mol. The summed E-state index contributed by atoms with van der Waals surface area (Å²) in [5, 5.41) is 8.79. The molecule has 4 nitrogen and oxygen atoms in total. The number of rotatable bonds is 3. The largest absolute Gasteiger partial charge is 0.481 e. The van der Waals surface area contributed by atoms with Gasteiger partial charge in [0.05, 0.1) is 7.11 Å². The highest BCUT2D eigenvalue weighted by Gasteiger charge is 2.12. The number of hydrogen-bond acceptors (Lipinski definition) is 4. The summed E-state index contributed by atoms with van der Waals surface area (Å²) in [4.78, 5) is 15.2. The molecule has 1 N–H and O–H groups in total. The number of methoxy groups -OCH3 is 1. The monoisotopic (exact) mass is 199 g/mol. The Bertz CT molecular complexity index is 327. The summed E-state index contributed by atoms with van der Waals surface area (Å²) < 4.78 is 4.82. The van der Waals surface area contributed by atoms with Crippen LogP contribution in [0.3, 0.4) is 0 Å². The first kappa shape index (κ1) is 9.85. The lowest BCUT2D eigenvalue weighted by atomic mass is 10.3. The third-order valence-corrected chi connectivity index (χ3v) is 2.23. The molecule has 0 aliphatic rings. The number of pyridine rings is 1. The van der Waals surface area contributed by atoms with Crippen LogP contribution >= 0.6 is 11.8 Å². The zero-order valence-electron chi connectivity index (χ0n) is 7.27. The van der Waals surface area contributed by atoms with Crippen LogP contribution in [0.15, 0.2) is 17.0 Å². The molecule has 0 amide bonds. The predicted octanol–water partition coefficient (Wildman–Crippen LogP) is 1.51. The van der Waals surface area contributed by atoms with Gasteiger partial charge >= 0.3 is 5.97 Å². The van der Waals surface area contributed by atoms with Gasteiger partial charge in [-0.3, -0.25) is 0 Å². The standard InChI is InChI=1S/C8H9NO3S/c1-12-6-4-3-5(13-2)7(9-6)8(10)11/h3-4H,1-2H3,(H,10,11). The molecule has 0 saturated heterocycles. The molecule has 13 heavy (non-hydrogen) atoms. The van der Waals surface area contributed by atoms with Gasteiger partial charge in [-0.2, -0.15) is 0 Å². The number of nitrogens with zero attached hydrogens (tertiary/aromatic N) is 1. The van der Waals surface area contributed by atoms with Crippen LogP contribution in [0.1, 0.15) is 10.5 Å². The van der Waals surface area contributed by atoms with Crippen LogP contribution in [-0.4, -0.2) is 29.4 Å². The fourth-order valence-corrected chi connectivity index (χ4v) is 1.39. The molecule has 0 aliphatic carbocycles. The molecule has 0 bridgehead atoms. The van der Waals surface area contributed by atoms with Gasteiger partial charge in [-0.1, -0.05) is 0 Å². The molecule has 1 heterocycles. The summed E-state index contributed by atoms with van der Waals surface area (Å²) in [6, 6.07) is 3.32. The van der Waals surface area contributed by atoms with E-state index in [0.29, 0.717) is 10.8 Å². The lowest BCUT2D eigenvalue weighted by Crippen LogP contribution is -2.03. The van der Waals surface area contributed by atoms with E-state index in [1.54, 1.807) is 18.4 Å². The second-order valence-electron chi connectivity index (χ2n) is 2.21. The predicted molar refractivity (Wildman–Crippen MR) is 49.5 cm³/mol. The molecular formula is C8H9NO3S. The van der Waals surface area contributed by atoms with Gasteiger partial charge in [-0.25, -0.2) is 9.78 Å². The molecule has 0 radical (unpaired) electrons. The first-order chi connectivity index (χ1) is 6.19. The van der Waals surface area contributed by atoms with Crippen LogP contribution in [0.5, 0.6) is 5.88 Å². The maximum absolute atomic E-state index is 10.7. The molecule has 0 aliphatic heterocycles. The van der Waals surface area contributed by atoms with Gasteiger partial charge in [-0.05, 0) is 12.3 Å². The molecule has 0 unspecified atom stereocenters. The third-order valence-electron chi connectivity index (χ3n) is 1.46. The maximum atomic E-state index is 10.7. The molecule has 1 rings (SSSR count). The summed E-state index contributed by atoms with van der Waals surface area (Å²) in [5.74, 6) is -0.724. The van der Waals surface area contributed by atoms with Crippen LogP contribution < -0.4 is 4.74 Å². The van der Waals surface area contributed by atoms with E-state index < -0.39 is 5.97 Å². The van der Waals surface area contributed by atoms with Crippen LogP contribution in [0.4, 0.5) is 0 Å². The molecule has 0 spiro atoms. The maximum Gasteiger partial charge on any atom is 0.355 e. The van der Waals surface area contributed by atoms with Gasteiger partial charge in [0.25, 0.3) is 0 Å². The Balaban J connectivity index is 3.18. The minimum absolute atomic E-state index is 0.0341. The van der Waals surface area contributed by atoms with E-state index >= 15 is 0 Å². The summed E-state index contributed by atoms with van der Waals surface area (Å²) >= 11 is 1.34. The van der Waals surface area contributed by atoms with Gasteiger partial charge < -0.3 is 9.84 Å². The second kappa shape index (κ2) is 4.13. The van der Waals surface area contributed by atoms with Crippen LogP contribution in [-0.2, 0) is 0 Å². The van der Waals surface area contributed by atoms with E-state index in [-0.39, 0.29) is 5.69 Å². The van der Waals surface area contributed by atoms with E-state index in [9.17, 15) is 4.79 Å². The van der Waals surface area contributed by atoms with Crippen molar-refractivity contribution in [1.29, 1.82) is 0 Å². The molecule has 1 aromatic rings. The number of thioether (sulfide) groups is 1. The number of aromatic carboxylic acids is 1. The highest BCUT2D eigenvalue weighted by Crippen LogP contribution is 2.21. The summed E-state index contributed by atoms with van der Waals surface area (Å²) in [7, 11) is 1.45. The second-order valence-corrected chi connectivity index (χ2v) is 3.06. The lowest BCUT2D eigenvalue weighted by molar-refractivity contribution is 0.0685. The smallest absolute Gasteiger partial charge is 0.355 e. The summed E-state index contributed by atoms with van der Waals surface area (Å²) in [5.41, 5.74) is 0.0341. The summed E-state index contributed by atoms with van der Waals surface area (Å²) in [6.45, 7) is 0. The van der Waals surface area contributed by atoms with Crippen molar-refractivity contribution in [3.8, 4) is 5.88 Å². The Labute approximate surface area is 79.9 Å². The van der Waals surface area contributed by atoms with Crippen molar-refractivity contribution in [3.05, 3.63) is 17.8 Å². The van der Waals surface area contributed by atoms with E-state index in [0.717, 1.165) is 0 Å². The zero-order chi connectivity index (χ0) is 9.84. The Morgan fingerprint density at radius 2 is 2.31 bits per heavy atom. The number of carbonyl (C=O) groups is 1. The Morgan fingerprint density at radius 3 is 2.77 bits per heavy atom. The van der Waals surface area contributed by atoms with Crippen LogP contribution in [0.25, 0.3) is 0 Å². The number of hydrogen-bond donors (Lipinski definition) is 1. The number of carboxylic acid groups (broad SMARTS) is 1. The normalized spacial score (nSPS) is 9.69. The first-order valence-corrected chi connectivity index (χ1v) is 4.74. The molecule has 1 aromatic heterocycles. The molecule has 5 heteroatoms. The molecule has 0 atom stereocenters. The van der Waals surface area contributed by atoms with Crippen molar-refractivity contribution in [3.63, 3.8) is 0 Å². The molecule has 0 saturated carbocycles. The SMILES string of the molecule is COc1ccc(SC)c(C(=O)O)n1. The lowest BCUT2D eigenvalue weighted by Gasteiger charge is -2.03. The van der Waals surface area contributed by atoms with E-state index in [2.05, 4.69) is 4.98 Å². The quantitative estimate of drug-likeness (QED) is 0.748. The zero-order valence-corrected chi connectivity index (χ0v) is 8.09. The van der Waals surface area contributed by atoms with E-state index in [1.165, 1.54) is 18.9 Å². The van der Waals surface area contributed by atoms with E-state index in [4.69, 9.17) is 9.84 Å². The van der Waals surface area contributed by atoms with Crippen molar-refractivity contribution in [2.45, 2.75) is 4.90 Å². The number of aromatic nitrogens is 1. The van der Waals surface area contributed by atoms with Crippen molar-refractivity contribution in [2.75, 3.05) is 13.4 Å². The van der Waals surface area contributed by atoms with Gasteiger partial charge in [0.1, 0.15) is 0 Å². The first-order valence-electron chi connectivity index (χ1n) is 3.51. The van der Waals surface area contributed by atoms with Crippen molar-refractivity contribution >= 4 is 17.7 Å². The Morgan fingerprint density at radius 1 is 1.62 bits per heavy atom. The van der Waals surface area contributed by atoms with Gasteiger partial charge in [-0.15, -0.1) is 11.8 Å². The average Bonchev–Trinajstić information content (AvgIpc) is 2.16. The van der Waals surface area contributed by atoms with Crippen molar-refractivity contribution < 1.29 is 14.6 Å². The molecule has 70 valence electrons. The fraction of sp³-hybridized carbons (Fsp3) is 0.250. The topological polar surface area (TPSA) is 59.4 Å². The minimum atomic E-state index is -1.04. The summed E-state index contributed by atoms with van der Waals surface area (Å²) in [6.07, 6.45) is 1.80. The van der Waals surface area contributed by atoms with Gasteiger partial charge in [0, 0.05) is 11.0 Å². The molecule has 0 fully saturated rings. The van der Waals surface area contributed by atoms with Crippen LogP contribution in [0.2, 0.25) is 0 Å². The van der Waals surface area contributed by atoms with E-state index in [1.807, 2.05) is 0 Å². The van der Waals surface area contributed by atoms with Gasteiger partial charge in [0.2, 0.25) is 5.88 Å². The van der Waals surface area contributed by atoms with Crippen molar-refractivity contribution in [1.82, 2.24) is 4.98 Å². The number of ether oxygens (including phenoxy) is 1. The third kappa shape index (κ3) is 2.12. The van der Waals surface area contributed by atoms with Crippen molar-refractivity contribution in [2.24, 2.45) is 0 Å².